The Morgan fingerprint density at radius 3 is 0.973 bits per heavy atom. The molecule has 0 aliphatic carbocycles. The van der Waals surface area contributed by atoms with E-state index in [1.165, 1.54) is 84.7 Å². The lowest BCUT2D eigenvalue weighted by atomic mass is 9.96. The van der Waals surface area contributed by atoms with Gasteiger partial charge in [-0.25, -0.2) is 47.5 Å². The molecule has 4 unspecified atom stereocenters. The second-order valence-corrected chi connectivity index (χ2v) is 20.3. The van der Waals surface area contributed by atoms with Gasteiger partial charge in [0.15, 0.2) is 11.3 Å². The lowest BCUT2D eigenvalue weighted by Crippen LogP contribution is -2.52. The Morgan fingerprint density at radius 2 is 0.699 bits per heavy atom. The van der Waals surface area contributed by atoms with Gasteiger partial charge in [-0.05, 0) is 84.6 Å². The molecule has 8 aromatic rings. The molecule has 0 radical (unpaired) electrons. The monoisotopic (exact) mass is 1040 g/mol. The van der Waals surface area contributed by atoms with E-state index >= 15 is 0 Å². The molecule has 384 valence electrons. The number of halogens is 4. The van der Waals surface area contributed by atoms with Crippen molar-refractivity contribution in [3.63, 3.8) is 0 Å². The van der Waals surface area contributed by atoms with Crippen LogP contribution in [0.5, 0.6) is 0 Å². The van der Waals surface area contributed by atoms with Gasteiger partial charge in [-0.15, -0.1) is 0 Å². The number of fused-ring (bicyclic) bond motifs is 2. The van der Waals surface area contributed by atoms with E-state index in [1.54, 1.807) is 75.0 Å². The zero-order valence-electron chi connectivity index (χ0n) is 40.8. The number of piperazine rings is 2. The molecule has 4 atom stereocenters. The predicted molar refractivity (Wildman–Crippen MR) is 274 cm³/mol. The van der Waals surface area contributed by atoms with Crippen LogP contribution in [0.4, 0.5) is 17.6 Å². The molecule has 0 amide bonds. The molecule has 2 aliphatic rings. The van der Waals surface area contributed by atoms with Crippen LogP contribution in [0, 0.1) is 23.3 Å². The van der Waals surface area contributed by atoms with Crippen LogP contribution in [0.25, 0.3) is 22.3 Å². The Labute approximate surface area is 429 Å². The largest absolute Gasteiger partial charge is 0.412 e. The van der Waals surface area contributed by atoms with Crippen molar-refractivity contribution in [2.24, 2.45) is 14.1 Å². The van der Waals surface area contributed by atoms with E-state index in [1.807, 2.05) is 23.2 Å². The normalized spacial score (nSPS) is 16.8. The van der Waals surface area contributed by atoms with Crippen molar-refractivity contribution in [2.75, 3.05) is 52.4 Å². The Balaban J connectivity index is 0.000000192. The Bertz CT molecular complexity index is 2730. The highest BCUT2D eigenvalue weighted by Gasteiger charge is 2.34. The van der Waals surface area contributed by atoms with E-state index in [0.717, 1.165) is 107 Å². The average molecular weight is 1040 g/mol. The highest BCUT2D eigenvalue weighted by molar-refractivity contribution is 8.00. The summed E-state index contributed by atoms with van der Waals surface area (Å²) in [6, 6.07) is 25.7. The Kier molecular flexibility index (Phi) is 17.5. The van der Waals surface area contributed by atoms with Gasteiger partial charge >= 0.3 is 0 Å². The van der Waals surface area contributed by atoms with Crippen molar-refractivity contribution in [3.8, 4) is 0 Å². The average Bonchev–Trinajstić information content (AvgIpc) is 3.97. The molecule has 10 rings (SSSR count). The van der Waals surface area contributed by atoms with Crippen molar-refractivity contribution in [3.05, 3.63) is 168 Å². The first-order valence-corrected chi connectivity index (χ1v) is 25.5. The van der Waals surface area contributed by atoms with Gasteiger partial charge < -0.3 is 24.8 Å². The quantitative estimate of drug-likeness (QED) is 0.0657. The fraction of sp³-hybridized carbons (Fsp3) is 0.346. The standard InChI is InChI=1S/2C26H28F2N6OS.H2O/c2*1-17(35)26(36-25-22-24(29-15-30-25)32(2)16-31-22)34-13-11-33(12-14-34)23(18-3-7-20(27)8-4-18)19-5-9-21(28)10-6-19;/h2*3-10,15-17,23,26,35H,11-14H2,1-2H3;1H2. The Hall–Kier alpha value is -5.88. The molecular weight excluding hydrogens is 981 g/mol. The van der Waals surface area contributed by atoms with Crippen LogP contribution in [0.15, 0.2) is 132 Å². The number of benzene rings is 4. The third kappa shape index (κ3) is 12.4. The Morgan fingerprint density at radius 1 is 0.425 bits per heavy atom. The highest BCUT2D eigenvalue weighted by atomic mass is 32.2. The number of rotatable bonds is 14. The summed E-state index contributed by atoms with van der Waals surface area (Å²) in [5.41, 5.74) is 6.77. The number of hydrogen-bond acceptors (Lipinski definition) is 14. The second-order valence-electron chi connectivity index (χ2n) is 18.1. The van der Waals surface area contributed by atoms with Crippen LogP contribution in [0.1, 0.15) is 48.2 Å². The maximum absolute atomic E-state index is 13.6. The number of thioether (sulfide) groups is 2. The molecular formula is C52H58F4N12O3S2. The number of hydrogen-bond donors (Lipinski definition) is 2. The summed E-state index contributed by atoms with van der Waals surface area (Å²) in [5, 5.41) is 22.4. The molecule has 4 aromatic heterocycles. The molecule has 4 aromatic carbocycles. The van der Waals surface area contributed by atoms with E-state index in [9.17, 15) is 27.8 Å². The van der Waals surface area contributed by atoms with E-state index in [2.05, 4.69) is 49.5 Å². The minimum absolute atomic E-state index is 0. The fourth-order valence-electron chi connectivity index (χ4n) is 9.51. The summed E-state index contributed by atoms with van der Waals surface area (Å²) in [7, 11) is 3.78. The van der Waals surface area contributed by atoms with Crippen LogP contribution in [0.3, 0.4) is 0 Å². The van der Waals surface area contributed by atoms with Crippen molar-refractivity contribution >= 4 is 45.9 Å². The molecule has 15 nitrogen and oxygen atoms in total. The summed E-state index contributed by atoms with van der Waals surface area (Å²) >= 11 is 3.00. The third-order valence-corrected chi connectivity index (χ3v) is 16.0. The van der Waals surface area contributed by atoms with Crippen LogP contribution in [-0.4, -0.2) is 150 Å². The first kappa shape index (κ1) is 53.4. The summed E-state index contributed by atoms with van der Waals surface area (Å²) in [4.78, 5) is 35.6. The maximum atomic E-state index is 13.6. The first-order valence-electron chi connectivity index (χ1n) is 23.7. The molecule has 6 heterocycles. The van der Waals surface area contributed by atoms with E-state index in [-0.39, 0.29) is 51.6 Å². The zero-order valence-corrected chi connectivity index (χ0v) is 42.4. The highest BCUT2D eigenvalue weighted by Crippen LogP contribution is 2.36. The van der Waals surface area contributed by atoms with Gasteiger partial charge in [0, 0.05) is 66.5 Å². The van der Waals surface area contributed by atoms with Gasteiger partial charge in [0.05, 0.1) is 47.7 Å². The van der Waals surface area contributed by atoms with Crippen molar-refractivity contribution in [2.45, 2.75) is 58.9 Å². The minimum Gasteiger partial charge on any atom is -0.412 e. The van der Waals surface area contributed by atoms with Gasteiger partial charge in [-0.2, -0.15) is 0 Å². The number of aliphatic hydroxyl groups is 2. The SMILES string of the molecule is CC(O)C(Sc1ncnc2c1ncn2C)N1CCN(C(c2ccc(F)cc2)c2ccc(F)cc2)CC1.CC(O)C(Sc1ncnc2c1ncn2C)N1CCN(C(c2ccc(F)cc2)c2ccc(F)cc2)CC1.O. The van der Waals surface area contributed by atoms with Crippen molar-refractivity contribution in [1.82, 2.24) is 58.6 Å². The molecule has 4 N–H and O–H groups in total. The second kappa shape index (κ2) is 24.0. The predicted octanol–water partition coefficient (Wildman–Crippen LogP) is 6.87. The lowest BCUT2D eigenvalue weighted by molar-refractivity contribution is 0.0554. The topological polar surface area (TPSA) is 172 Å². The molecule has 0 saturated carbocycles. The smallest absolute Gasteiger partial charge is 0.164 e. The summed E-state index contributed by atoms with van der Waals surface area (Å²) in [5.74, 6) is -1.15. The van der Waals surface area contributed by atoms with Gasteiger partial charge in [-0.1, -0.05) is 72.1 Å². The molecule has 73 heavy (non-hydrogen) atoms. The van der Waals surface area contributed by atoms with Crippen LogP contribution in [0.2, 0.25) is 0 Å². The third-order valence-electron chi connectivity index (χ3n) is 13.1. The van der Waals surface area contributed by atoms with Gasteiger partial charge in [-0.3, -0.25) is 19.6 Å². The molecule has 0 bridgehead atoms. The minimum atomic E-state index is -0.597. The summed E-state index contributed by atoms with van der Waals surface area (Å²) in [6.45, 7) is 9.38. The van der Waals surface area contributed by atoms with Gasteiger partial charge in [0.2, 0.25) is 0 Å². The van der Waals surface area contributed by atoms with Crippen LogP contribution >= 0.6 is 23.5 Å². The maximum Gasteiger partial charge on any atom is 0.164 e. The molecule has 2 saturated heterocycles. The van der Waals surface area contributed by atoms with Gasteiger partial charge in [0.25, 0.3) is 0 Å². The van der Waals surface area contributed by atoms with Crippen molar-refractivity contribution in [1.29, 1.82) is 0 Å². The van der Waals surface area contributed by atoms with Crippen LogP contribution in [-0.2, 0) is 14.1 Å². The zero-order chi connectivity index (χ0) is 50.5. The number of imidazole rings is 2. The number of aliphatic hydroxyl groups excluding tert-OH is 2. The van der Waals surface area contributed by atoms with E-state index in [0.29, 0.717) is 0 Å². The molecule has 21 heteroatoms. The molecule has 2 aliphatic heterocycles. The summed E-state index contributed by atoms with van der Waals surface area (Å²) < 4.78 is 58.2. The van der Waals surface area contributed by atoms with E-state index in [4.69, 9.17) is 0 Å². The number of nitrogens with zero attached hydrogens (tertiary/aromatic N) is 12. The van der Waals surface area contributed by atoms with Crippen LogP contribution < -0.4 is 0 Å². The number of aromatic nitrogens is 8. The van der Waals surface area contributed by atoms with Crippen molar-refractivity contribution < 1.29 is 33.3 Å². The van der Waals surface area contributed by atoms with E-state index < -0.39 is 12.2 Å². The lowest BCUT2D eigenvalue weighted by Gasteiger charge is -2.43. The molecule has 0 spiro atoms. The number of aryl methyl sites for hydroxylation is 2. The fourth-order valence-corrected chi connectivity index (χ4v) is 11.8. The summed E-state index contributed by atoms with van der Waals surface area (Å²) in [6.07, 6.45) is 5.29. The first-order chi connectivity index (χ1) is 34.8. The molecule has 2 fully saturated rings. The van der Waals surface area contributed by atoms with Gasteiger partial charge in [0.1, 0.15) is 57.0 Å².